The van der Waals surface area contributed by atoms with Gasteiger partial charge in [-0.05, 0) is 48.6 Å². The molecule has 40 heavy (non-hydrogen) atoms. The minimum absolute atomic E-state index is 0.00592. The van der Waals surface area contributed by atoms with Crippen LogP contribution < -0.4 is 14.2 Å². The van der Waals surface area contributed by atoms with Crippen LogP contribution in [0.5, 0.6) is 11.5 Å². The van der Waals surface area contributed by atoms with E-state index in [1.807, 2.05) is 0 Å². The fourth-order valence-electron chi connectivity index (χ4n) is 3.68. The predicted molar refractivity (Wildman–Crippen MR) is 142 cm³/mol. The van der Waals surface area contributed by atoms with Gasteiger partial charge in [-0.25, -0.2) is 13.2 Å². The standard InChI is InChI=1S/C27H23Cl2F2NO7S/c28-21-14-32(34)15-22(29)20(21)13-24(38-26(33)10-11-40(35,36)19-4-2-1-3-5-19)18-8-9-23(39-27(30)31)25(12-18)37-16-17-6-7-17/h1-5,8-12,14-15,17,24,27H,6-7,13,16H2/b11-10+. The summed E-state index contributed by atoms with van der Waals surface area (Å²) in [5, 5.41) is 12.4. The molecule has 0 amide bonds. The minimum Gasteiger partial charge on any atom is -0.619 e. The van der Waals surface area contributed by atoms with Gasteiger partial charge in [-0.15, -0.1) is 0 Å². The molecule has 0 aliphatic heterocycles. The maximum atomic E-state index is 13.0. The molecule has 0 bridgehead atoms. The van der Waals surface area contributed by atoms with Gasteiger partial charge in [-0.3, -0.25) is 0 Å². The highest BCUT2D eigenvalue weighted by Gasteiger charge is 2.26. The predicted octanol–water partition coefficient (Wildman–Crippen LogP) is 5.83. The van der Waals surface area contributed by atoms with E-state index in [1.165, 1.54) is 42.5 Å². The van der Waals surface area contributed by atoms with Crippen LogP contribution >= 0.6 is 23.2 Å². The zero-order valence-corrected chi connectivity index (χ0v) is 23.0. The Labute approximate surface area is 239 Å². The fourth-order valence-corrected chi connectivity index (χ4v) is 5.26. The van der Waals surface area contributed by atoms with E-state index >= 15 is 0 Å². The smallest absolute Gasteiger partial charge is 0.387 e. The highest BCUT2D eigenvalue weighted by Crippen LogP contribution is 2.37. The zero-order chi connectivity index (χ0) is 28.9. The number of rotatable bonds is 12. The van der Waals surface area contributed by atoms with Gasteiger partial charge in [0.2, 0.25) is 0 Å². The van der Waals surface area contributed by atoms with Crippen LogP contribution in [0, 0.1) is 11.1 Å². The van der Waals surface area contributed by atoms with Crippen LogP contribution in [0.2, 0.25) is 10.0 Å². The first-order chi connectivity index (χ1) is 19.0. The first-order valence-corrected chi connectivity index (χ1v) is 14.3. The number of pyridine rings is 1. The highest BCUT2D eigenvalue weighted by atomic mass is 35.5. The monoisotopic (exact) mass is 613 g/mol. The summed E-state index contributed by atoms with van der Waals surface area (Å²) in [6.45, 7) is -2.81. The van der Waals surface area contributed by atoms with Crippen LogP contribution in [-0.2, 0) is 25.8 Å². The number of carbonyl (C=O) groups excluding carboxylic acids is 1. The normalized spacial score (nSPS) is 14.3. The Hall–Kier alpha value is -3.41. The molecule has 1 aliphatic rings. The average Bonchev–Trinajstić information content (AvgIpc) is 3.73. The van der Waals surface area contributed by atoms with Crippen molar-refractivity contribution >= 4 is 39.0 Å². The number of esters is 1. The molecule has 13 heteroatoms. The van der Waals surface area contributed by atoms with Gasteiger partial charge in [0.25, 0.3) is 0 Å². The third-order valence-electron chi connectivity index (χ3n) is 5.89. The summed E-state index contributed by atoms with van der Waals surface area (Å²) in [6.07, 6.45) is 3.52. The van der Waals surface area contributed by atoms with Crippen molar-refractivity contribution < 1.29 is 40.9 Å². The Bertz CT molecular complexity index is 1480. The summed E-state index contributed by atoms with van der Waals surface area (Å²) in [6, 6.07) is 11.5. The maximum absolute atomic E-state index is 13.0. The third-order valence-corrected chi connectivity index (χ3v) is 7.96. The van der Waals surface area contributed by atoms with Crippen molar-refractivity contribution in [3.05, 3.63) is 98.8 Å². The molecular formula is C27H23Cl2F2NO7S. The maximum Gasteiger partial charge on any atom is 0.387 e. The number of nitrogens with zero attached hydrogens (tertiary/aromatic N) is 1. The first kappa shape index (κ1) is 29.6. The van der Waals surface area contributed by atoms with E-state index < -0.39 is 28.5 Å². The van der Waals surface area contributed by atoms with Crippen LogP contribution in [0.25, 0.3) is 0 Å². The first-order valence-electron chi connectivity index (χ1n) is 12.0. The van der Waals surface area contributed by atoms with Gasteiger partial charge in [0.1, 0.15) is 16.1 Å². The molecule has 1 saturated carbocycles. The van der Waals surface area contributed by atoms with Crippen molar-refractivity contribution in [1.82, 2.24) is 0 Å². The second kappa shape index (κ2) is 12.8. The van der Waals surface area contributed by atoms with Gasteiger partial charge in [-0.2, -0.15) is 13.5 Å². The molecule has 212 valence electrons. The Morgan fingerprint density at radius 1 is 1.07 bits per heavy atom. The average molecular weight is 614 g/mol. The Morgan fingerprint density at radius 2 is 1.75 bits per heavy atom. The molecule has 1 fully saturated rings. The Kier molecular flexibility index (Phi) is 9.49. The van der Waals surface area contributed by atoms with E-state index in [2.05, 4.69) is 4.74 Å². The number of halogens is 4. The molecule has 1 atom stereocenters. The molecule has 8 nitrogen and oxygen atoms in total. The largest absolute Gasteiger partial charge is 0.619 e. The molecule has 0 radical (unpaired) electrons. The molecule has 4 rings (SSSR count). The summed E-state index contributed by atoms with van der Waals surface area (Å²) in [4.78, 5) is 12.8. The van der Waals surface area contributed by atoms with Crippen LogP contribution in [0.1, 0.15) is 30.1 Å². The summed E-state index contributed by atoms with van der Waals surface area (Å²) in [5.74, 6) is -0.911. The van der Waals surface area contributed by atoms with Crippen molar-refractivity contribution in [3.8, 4) is 11.5 Å². The number of alkyl halides is 2. The van der Waals surface area contributed by atoms with E-state index in [9.17, 15) is 27.2 Å². The molecule has 1 aromatic heterocycles. The number of ether oxygens (including phenoxy) is 3. The molecule has 1 heterocycles. The van der Waals surface area contributed by atoms with Gasteiger partial charge in [0.15, 0.2) is 33.7 Å². The molecule has 0 spiro atoms. The molecular weight excluding hydrogens is 591 g/mol. The number of benzene rings is 2. The molecule has 0 saturated heterocycles. The SMILES string of the molecule is O=C(/C=C/S(=O)(=O)c1ccccc1)OC(Cc1c(Cl)c[n+]([O-])cc1Cl)c1ccc(OC(F)F)c(OCC2CC2)c1. The molecule has 3 aromatic rings. The number of hydrogen-bond acceptors (Lipinski definition) is 7. The summed E-state index contributed by atoms with van der Waals surface area (Å²) in [5.41, 5.74) is 0.563. The van der Waals surface area contributed by atoms with Crippen LogP contribution in [0.15, 0.2) is 77.3 Å². The quantitative estimate of drug-likeness (QED) is 0.109. The Morgan fingerprint density at radius 3 is 2.38 bits per heavy atom. The minimum atomic E-state index is -3.94. The molecule has 2 aromatic carbocycles. The van der Waals surface area contributed by atoms with Crippen LogP contribution in [-0.4, -0.2) is 27.6 Å². The number of carbonyl (C=O) groups is 1. The summed E-state index contributed by atoms with van der Waals surface area (Å²) >= 11 is 12.5. The second-order valence-electron chi connectivity index (χ2n) is 8.92. The summed E-state index contributed by atoms with van der Waals surface area (Å²) < 4.78 is 67.4. The number of sulfone groups is 1. The Balaban J connectivity index is 1.65. The number of aromatic nitrogens is 1. The lowest BCUT2D eigenvalue weighted by Gasteiger charge is -2.21. The number of hydrogen-bond donors (Lipinski definition) is 0. The lowest BCUT2D eigenvalue weighted by molar-refractivity contribution is -0.605. The van der Waals surface area contributed by atoms with E-state index in [0.717, 1.165) is 31.3 Å². The third kappa shape index (κ3) is 8.06. The highest BCUT2D eigenvalue weighted by molar-refractivity contribution is 7.94. The molecule has 1 unspecified atom stereocenters. The van der Waals surface area contributed by atoms with Gasteiger partial charge in [0, 0.05) is 23.5 Å². The summed E-state index contributed by atoms with van der Waals surface area (Å²) in [7, 11) is -3.94. The van der Waals surface area contributed by atoms with Crippen molar-refractivity contribution in [2.24, 2.45) is 5.92 Å². The van der Waals surface area contributed by atoms with E-state index in [4.69, 9.17) is 32.7 Å². The van der Waals surface area contributed by atoms with Gasteiger partial charge >= 0.3 is 12.6 Å². The zero-order valence-electron chi connectivity index (χ0n) is 20.7. The van der Waals surface area contributed by atoms with Crippen molar-refractivity contribution in [2.75, 3.05) is 6.61 Å². The van der Waals surface area contributed by atoms with Crippen molar-refractivity contribution in [3.63, 3.8) is 0 Å². The van der Waals surface area contributed by atoms with E-state index in [1.54, 1.807) is 6.07 Å². The fraction of sp³-hybridized carbons (Fsp3) is 0.259. The van der Waals surface area contributed by atoms with E-state index in [-0.39, 0.29) is 45.0 Å². The van der Waals surface area contributed by atoms with Crippen molar-refractivity contribution in [2.45, 2.75) is 36.9 Å². The van der Waals surface area contributed by atoms with Gasteiger partial charge in [0.05, 0.1) is 11.5 Å². The lowest BCUT2D eigenvalue weighted by atomic mass is 10.0. The molecule has 1 aliphatic carbocycles. The van der Waals surface area contributed by atoms with Gasteiger partial charge in [-0.1, -0.05) is 47.5 Å². The topological polar surface area (TPSA) is 106 Å². The molecule has 0 N–H and O–H groups in total. The van der Waals surface area contributed by atoms with E-state index in [0.29, 0.717) is 21.6 Å². The second-order valence-corrected chi connectivity index (χ2v) is 11.6. The van der Waals surface area contributed by atoms with Crippen LogP contribution in [0.3, 0.4) is 0 Å². The van der Waals surface area contributed by atoms with Gasteiger partial charge < -0.3 is 19.4 Å². The van der Waals surface area contributed by atoms with Crippen molar-refractivity contribution in [1.29, 1.82) is 0 Å². The lowest BCUT2D eigenvalue weighted by Crippen LogP contribution is -2.25. The van der Waals surface area contributed by atoms with Crippen LogP contribution in [0.4, 0.5) is 8.78 Å².